The van der Waals surface area contributed by atoms with Crippen LogP contribution in [0.4, 0.5) is 10.5 Å². The molecule has 6 heteroatoms. The molecule has 3 rings (SSSR count). The molecule has 2 atom stereocenters. The van der Waals surface area contributed by atoms with Gasteiger partial charge in [-0.25, -0.2) is 4.79 Å². The SMILES string of the molecule is CN(C)C(=O)N1CC[C@@]2(C[C@@H]2C(=O)Nc2cccnc2)C1. The first-order chi connectivity index (χ1) is 10.0. The minimum atomic E-state index is -0.00202. The number of nitrogens with one attached hydrogen (secondary N) is 1. The molecule has 0 unspecified atom stereocenters. The van der Waals surface area contributed by atoms with Crippen LogP contribution in [-0.4, -0.2) is 53.9 Å². The van der Waals surface area contributed by atoms with Crippen molar-refractivity contribution in [3.8, 4) is 0 Å². The maximum atomic E-state index is 12.3. The molecule has 1 N–H and O–H groups in total. The highest BCUT2D eigenvalue weighted by atomic mass is 16.2. The Hall–Kier alpha value is -2.11. The number of carbonyl (C=O) groups is 2. The molecule has 6 nitrogen and oxygen atoms in total. The molecule has 2 aliphatic rings. The van der Waals surface area contributed by atoms with Gasteiger partial charge in [-0.1, -0.05) is 0 Å². The highest BCUT2D eigenvalue weighted by Crippen LogP contribution is 2.58. The van der Waals surface area contributed by atoms with E-state index in [9.17, 15) is 9.59 Å². The average Bonchev–Trinajstić information content (AvgIpc) is 3.00. The van der Waals surface area contributed by atoms with E-state index < -0.39 is 0 Å². The lowest BCUT2D eigenvalue weighted by Crippen LogP contribution is -2.38. The highest BCUT2D eigenvalue weighted by Gasteiger charge is 2.61. The largest absolute Gasteiger partial charge is 0.331 e. The summed E-state index contributed by atoms with van der Waals surface area (Å²) >= 11 is 0. The molecule has 0 bridgehead atoms. The lowest BCUT2D eigenvalue weighted by molar-refractivity contribution is -0.118. The summed E-state index contributed by atoms with van der Waals surface area (Å²) < 4.78 is 0. The molecule has 2 heterocycles. The minimum absolute atomic E-state index is 0.00202. The van der Waals surface area contributed by atoms with E-state index >= 15 is 0 Å². The van der Waals surface area contributed by atoms with Crippen LogP contribution in [-0.2, 0) is 4.79 Å². The minimum Gasteiger partial charge on any atom is -0.331 e. The number of hydrogen-bond acceptors (Lipinski definition) is 3. The van der Waals surface area contributed by atoms with Crippen LogP contribution in [0, 0.1) is 11.3 Å². The molecule has 1 aromatic rings. The zero-order valence-electron chi connectivity index (χ0n) is 12.4. The summed E-state index contributed by atoms with van der Waals surface area (Å²) in [4.78, 5) is 31.7. The van der Waals surface area contributed by atoms with E-state index in [2.05, 4.69) is 10.3 Å². The molecule has 112 valence electrons. The number of urea groups is 1. The summed E-state index contributed by atoms with van der Waals surface area (Å²) in [5.41, 5.74) is 0.724. The van der Waals surface area contributed by atoms with Crippen molar-refractivity contribution >= 4 is 17.6 Å². The first kappa shape index (κ1) is 13.9. The fourth-order valence-electron chi connectivity index (χ4n) is 3.18. The van der Waals surface area contributed by atoms with Crippen molar-refractivity contribution in [2.75, 3.05) is 32.5 Å². The summed E-state index contributed by atoms with van der Waals surface area (Å²) in [6.07, 6.45) is 5.10. The van der Waals surface area contributed by atoms with E-state index in [1.54, 1.807) is 37.5 Å². The number of amides is 3. The Kier molecular flexibility index (Phi) is 3.31. The molecule has 2 fully saturated rings. The Morgan fingerprint density at radius 2 is 2.29 bits per heavy atom. The van der Waals surface area contributed by atoms with Crippen molar-refractivity contribution in [2.45, 2.75) is 12.8 Å². The second-order valence-corrected chi connectivity index (χ2v) is 6.20. The normalized spacial score (nSPS) is 26.8. The molecule has 1 aliphatic carbocycles. The Labute approximate surface area is 124 Å². The molecular formula is C15H20N4O2. The number of likely N-dealkylation sites (tertiary alicyclic amines) is 1. The van der Waals surface area contributed by atoms with Crippen molar-refractivity contribution in [2.24, 2.45) is 11.3 Å². The highest BCUT2D eigenvalue weighted by molar-refractivity contribution is 5.95. The number of hydrogen-bond donors (Lipinski definition) is 1. The predicted octanol–water partition coefficient (Wildman–Crippen LogP) is 1.41. The standard InChI is InChI=1S/C15H20N4O2/c1-18(2)14(21)19-7-5-15(10-19)8-12(15)13(20)17-11-4-3-6-16-9-11/h3-4,6,9,12H,5,7-8,10H2,1-2H3,(H,17,20)/t12-,15-/m1/s1. The van der Waals surface area contributed by atoms with E-state index in [0.717, 1.165) is 25.1 Å². The van der Waals surface area contributed by atoms with Crippen LogP contribution in [0.5, 0.6) is 0 Å². The van der Waals surface area contributed by atoms with Gasteiger partial charge >= 0.3 is 6.03 Å². The van der Waals surface area contributed by atoms with E-state index in [-0.39, 0.29) is 23.3 Å². The lowest BCUT2D eigenvalue weighted by Gasteiger charge is -2.21. The van der Waals surface area contributed by atoms with Gasteiger partial charge in [0.2, 0.25) is 5.91 Å². The molecule has 0 aromatic carbocycles. The van der Waals surface area contributed by atoms with Gasteiger partial charge in [0.15, 0.2) is 0 Å². The molecule has 1 aromatic heterocycles. The predicted molar refractivity (Wildman–Crippen MR) is 78.7 cm³/mol. The van der Waals surface area contributed by atoms with Gasteiger partial charge in [0.1, 0.15) is 0 Å². The number of anilines is 1. The molecular weight excluding hydrogens is 268 g/mol. The fraction of sp³-hybridized carbons (Fsp3) is 0.533. The maximum absolute atomic E-state index is 12.3. The maximum Gasteiger partial charge on any atom is 0.319 e. The van der Waals surface area contributed by atoms with Crippen LogP contribution in [0.3, 0.4) is 0 Å². The number of nitrogens with zero attached hydrogens (tertiary/aromatic N) is 3. The van der Waals surface area contributed by atoms with E-state index in [1.165, 1.54) is 0 Å². The van der Waals surface area contributed by atoms with Gasteiger partial charge in [-0.2, -0.15) is 0 Å². The van der Waals surface area contributed by atoms with Gasteiger partial charge in [-0.15, -0.1) is 0 Å². The lowest BCUT2D eigenvalue weighted by atomic mass is 10.0. The van der Waals surface area contributed by atoms with Crippen molar-refractivity contribution in [3.05, 3.63) is 24.5 Å². The zero-order valence-corrected chi connectivity index (χ0v) is 12.4. The Bertz CT molecular complexity index is 560. The summed E-state index contributed by atoms with van der Waals surface area (Å²) in [6, 6.07) is 3.66. The molecule has 0 radical (unpaired) electrons. The Balaban J connectivity index is 1.59. The Morgan fingerprint density at radius 1 is 1.48 bits per heavy atom. The van der Waals surface area contributed by atoms with E-state index in [4.69, 9.17) is 0 Å². The first-order valence-electron chi connectivity index (χ1n) is 7.19. The van der Waals surface area contributed by atoms with Gasteiger partial charge in [0, 0.05) is 44.7 Å². The monoisotopic (exact) mass is 288 g/mol. The number of carbonyl (C=O) groups excluding carboxylic acids is 2. The summed E-state index contributed by atoms with van der Waals surface area (Å²) in [5, 5.41) is 2.91. The van der Waals surface area contributed by atoms with Crippen LogP contribution in [0.2, 0.25) is 0 Å². The van der Waals surface area contributed by atoms with Gasteiger partial charge in [-0.05, 0) is 25.0 Å². The average molecular weight is 288 g/mol. The topological polar surface area (TPSA) is 65.5 Å². The molecule has 3 amide bonds. The van der Waals surface area contributed by atoms with Crippen LogP contribution in [0.25, 0.3) is 0 Å². The third-order valence-corrected chi connectivity index (χ3v) is 4.47. The smallest absolute Gasteiger partial charge is 0.319 e. The quantitative estimate of drug-likeness (QED) is 0.895. The number of aromatic nitrogens is 1. The Morgan fingerprint density at radius 3 is 2.95 bits per heavy atom. The van der Waals surface area contributed by atoms with Crippen LogP contribution in [0.15, 0.2) is 24.5 Å². The van der Waals surface area contributed by atoms with Crippen molar-refractivity contribution in [1.29, 1.82) is 0 Å². The van der Waals surface area contributed by atoms with Crippen LogP contribution >= 0.6 is 0 Å². The summed E-state index contributed by atoms with van der Waals surface area (Å²) in [5.74, 6) is 0.0554. The van der Waals surface area contributed by atoms with Crippen molar-refractivity contribution in [1.82, 2.24) is 14.8 Å². The van der Waals surface area contributed by atoms with Crippen LogP contribution < -0.4 is 5.32 Å². The fourth-order valence-corrected chi connectivity index (χ4v) is 3.18. The molecule has 1 saturated carbocycles. The van der Waals surface area contributed by atoms with Crippen LogP contribution in [0.1, 0.15) is 12.8 Å². The summed E-state index contributed by atoms with van der Waals surface area (Å²) in [6.45, 7) is 1.43. The number of rotatable bonds is 2. The third kappa shape index (κ3) is 2.57. The molecule has 1 saturated heterocycles. The molecule has 1 aliphatic heterocycles. The molecule has 21 heavy (non-hydrogen) atoms. The van der Waals surface area contributed by atoms with Gasteiger partial charge in [0.25, 0.3) is 0 Å². The third-order valence-electron chi connectivity index (χ3n) is 4.47. The van der Waals surface area contributed by atoms with E-state index in [1.807, 2.05) is 11.0 Å². The second-order valence-electron chi connectivity index (χ2n) is 6.20. The van der Waals surface area contributed by atoms with Gasteiger partial charge < -0.3 is 15.1 Å². The molecule has 1 spiro atoms. The van der Waals surface area contributed by atoms with Crippen molar-refractivity contribution < 1.29 is 9.59 Å². The van der Waals surface area contributed by atoms with Gasteiger partial charge in [-0.3, -0.25) is 9.78 Å². The number of pyridine rings is 1. The zero-order chi connectivity index (χ0) is 15.0. The van der Waals surface area contributed by atoms with E-state index in [0.29, 0.717) is 6.54 Å². The first-order valence-corrected chi connectivity index (χ1v) is 7.19. The summed E-state index contributed by atoms with van der Waals surface area (Å²) in [7, 11) is 3.51. The van der Waals surface area contributed by atoms with Crippen molar-refractivity contribution in [3.63, 3.8) is 0 Å². The van der Waals surface area contributed by atoms with Gasteiger partial charge in [0.05, 0.1) is 11.9 Å². The second kappa shape index (κ2) is 5.02.